The fraction of sp³-hybridized carbons (Fsp3) is 0.222. The first-order valence-corrected chi connectivity index (χ1v) is 4.09. The summed E-state index contributed by atoms with van der Waals surface area (Å²) in [6.07, 6.45) is 0. The van der Waals surface area contributed by atoms with Gasteiger partial charge >= 0.3 is 0 Å². The van der Waals surface area contributed by atoms with Gasteiger partial charge in [0.05, 0.1) is 5.97 Å². The summed E-state index contributed by atoms with van der Waals surface area (Å²) in [4.78, 5) is 10.6. The Balaban J connectivity index is 2.50. The Morgan fingerprint density at radius 3 is 2.43 bits per heavy atom. The molecule has 0 aromatic heterocycles. The molecule has 1 aromatic carbocycles. The number of carboxylic acid groups (broad SMARTS) is 1. The Morgan fingerprint density at radius 1 is 1.29 bits per heavy atom. The summed E-state index contributed by atoms with van der Waals surface area (Å²) in [6, 6.07) is 2.75. The zero-order valence-electron chi connectivity index (χ0n) is 7.28. The standard InChI is InChI=1S/C9H9NO4/c10-6-4-8-7(13-1-2-14-8)3-5(6)9(11)12/h3-4H,1-2,10H2,(H,11,12)/p-1. The zero-order chi connectivity index (χ0) is 10.1. The second kappa shape index (κ2) is 3.10. The molecule has 0 spiro atoms. The maximum absolute atomic E-state index is 10.6. The monoisotopic (exact) mass is 194 g/mol. The molecule has 0 radical (unpaired) electrons. The maximum Gasteiger partial charge on any atom is 0.163 e. The third kappa shape index (κ3) is 1.32. The minimum Gasteiger partial charge on any atom is -0.545 e. The van der Waals surface area contributed by atoms with E-state index in [9.17, 15) is 9.90 Å². The van der Waals surface area contributed by atoms with E-state index in [0.717, 1.165) is 0 Å². The van der Waals surface area contributed by atoms with E-state index in [0.29, 0.717) is 24.7 Å². The molecule has 0 atom stereocenters. The highest BCUT2D eigenvalue weighted by Gasteiger charge is 2.14. The fourth-order valence-corrected chi connectivity index (χ4v) is 1.28. The molecule has 0 saturated carbocycles. The van der Waals surface area contributed by atoms with Crippen LogP contribution in [0.3, 0.4) is 0 Å². The second-order valence-electron chi connectivity index (χ2n) is 2.87. The number of benzene rings is 1. The highest BCUT2D eigenvalue weighted by Crippen LogP contribution is 2.33. The minimum absolute atomic E-state index is 0.0748. The summed E-state index contributed by atoms with van der Waals surface area (Å²) in [7, 11) is 0. The number of aromatic carboxylic acids is 1. The lowest BCUT2D eigenvalue weighted by Gasteiger charge is -2.20. The van der Waals surface area contributed by atoms with Crippen molar-refractivity contribution >= 4 is 11.7 Å². The van der Waals surface area contributed by atoms with Gasteiger partial charge in [0, 0.05) is 17.3 Å². The van der Waals surface area contributed by atoms with Crippen LogP contribution >= 0.6 is 0 Å². The molecule has 74 valence electrons. The number of nitrogens with two attached hydrogens (primary N) is 1. The third-order valence-corrected chi connectivity index (χ3v) is 1.93. The Hall–Kier alpha value is -1.91. The predicted octanol–water partition coefficient (Wildman–Crippen LogP) is -0.597. The van der Waals surface area contributed by atoms with E-state index in [2.05, 4.69) is 0 Å². The lowest BCUT2D eigenvalue weighted by molar-refractivity contribution is -0.254. The van der Waals surface area contributed by atoms with Crippen LogP contribution in [0, 0.1) is 0 Å². The van der Waals surface area contributed by atoms with Gasteiger partial charge in [-0.3, -0.25) is 0 Å². The lowest BCUT2D eigenvalue weighted by atomic mass is 10.1. The number of hydrogen-bond acceptors (Lipinski definition) is 5. The number of anilines is 1. The second-order valence-corrected chi connectivity index (χ2v) is 2.87. The molecule has 0 aliphatic carbocycles. The van der Waals surface area contributed by atoms with Crippen LogP contribution in [0.5, 0.6) is 11.5 Å². The van der Waals surface area contributed by atoms with Gasteiger partial charge in [-0.25, -0.2) is 0 Å². The number of carboxylic acids is 1. The van der Waals surface area contributed by atoms with Crippen molar-refractivity contribution in [3.05, 3.63) is 17.7 Å². The van der Waals surface area contributed by atoms with Crippen LogP contribution in [0.2, 0.25) is 0 Å². The van der Waals surface area contributed by atoms with Crippen LogP contribution in [0.25, 0.3) is 0 Å². The first kappa shape index (κ1) is 8.68. The third-order valence-electron chi connectivity index (χ3n) is 1.93. The number of hydrogen-bond donors (Lipinski definition) is 1. The van der Waals surface area contributed by atoms with Crippen molar-refractivity contribution in [3.63, 3.8) is 0 Å². The smallest absolute Gasteiger partial charge is 0.163 e. The maximum atomic E-state index is 10.6. The Morgan fingerprint density at radius 2 is 1.86 bits per heavy atom. The number of rotatable bonds is 1. The largest absolute Gasteiger partial charge is 0.545 e. The van der Waals surface area contributed by atoms with Crippen LogP contribution < -0.4 is 20.3 Å². The summed E-state index contributed by atoms with van der Waals surface area (Å²) in [5.41, 5.74) is 5.53. The van der Waals surface area contributed by atoms with E-state index in [1.807, 2.05) is 0 Å². The summed E-state index contributed by atoms with van der Waals surface area (Å²) in [6.45, 7) is 0.848. The molecular formula is C9H8NO4-. The molecular weight excluding hydrogens is 186 g/mol. The molecule has 5 heteroatoms. The zero-order valence-corrected chi connectivity index (χ0v) is 7.28. The highest BCUT2D eigenvalue weighted by atomic mass is 16.6. The van der Waals surface area contributed by atoms with Gasteiger partial charge in [0.1, 0.15) is 13.2 Å². The van der Waals surface area contributed by atoms with Crippen LogP contribution in [-0.4, -0.2) is 19.2 Å². The van der Waals surface area contributed by atoms with Gasteiger partial charge in [-0.05, 0) is 6.07 Å². The van der Waals surface area contributed by atoms with Crippen molar-refractivity contribution in [2.75, 3.05) is 18.9 Å². The normalized spacial score (nSPS) is 13.7. The number of ether oxygens (including phenoxy) is 2. The van der Waals surface area contributed by atoms with E-state index in [4.69, 9.17) is 15.2 Å². The summed E-state index contributed by atoms with van der Waals surface area (Å²) in [5, 5.41) is 10.6. The van der Waals surface area contributed by atoms with Gasteiger partial charge < -0.3 is 25.1 Å². The van der Waals surface area contributed by atoms with E-state index in [1.165, 1.54) is 12.1 Å². The van der Waals surface area contributed by atoms with Crippen molar-refractivity contribution in [3.8, 4) is 11.5 Å². The Labute approximate surface area is 80.0 Å². The fourth-order valence-electron chi connectivity index (χ4n) is 1.28. The average molecular weight is 194 g/mol. The van der Waals surface area contributed by atoms with Crippen LogP contribution in [0.15, 0.2) is 12.1 Å². The molecule has 2 N–H and O–H groups in total. The number of carbonyl (C=O) groups is 1. The molecule has 0 bridgehead atoms. The minimum atomic E-state index is -1.32. The number of fused-ring (bicyclic) bond motifs is 1. The van der Waals surface area contributed by atoms with Crippen LogP contribution in [-0.2, 0) is 0 Å². The van der Waals surface area contributed by atoms with E-state index in [-0.39, 0.29) is 11.3 Å². The molecule has 1 aliphatic rings. The first-order chi connectivity index (χ1) is 6.68. The van der Waals surface area contributed by atoms with Crippen molar-refractivity contribution in [2.45, 2.75) is 0 Å². The topological polar surface area (TPSA) is 84.6 Å². The Bertz CT molecular complexity index is 389. The van der Waals surface area contributed by atoms with Gasteiger partial charge in [-0.15, -0.1) is 0 Å². The predicted molar refractivity (Wildman–Crippen MR) is 46.2 cm³/mol. The van der Waals surface area contributed by atoms with Crippen LogP contribution in [0.1, 0.15) is 10.4 Å². The molecule has 1 aromatic rings. The Kier molecular flexibility index (Phi) is 1.92. The van der Waals surface area contributed by atoms with Crippen molar-refractivity contribution in [1.82, 2.24) is 0 Å². The molecule has 5 nitrogen and oxygen atoms in total. The first-order valence-electron chi connectivity index (χ1n) is 4.09. The highest BCUT2D eigenvalue weighted by molar-refractivity contribution is 5.93. The van der Waals surface area contributed by atoms with E-state index >= 15 is 0 Å². The molecule has 0 saturated heterocycles. The summed E-state index contributed by atoms with van der Waals surface area (Å²) < 4.78 is 10.4. The molecule has 0 fully saturated rings. The molecule has 1 aliphatic heterocycles. The molecule has 2 rings (SSSR count). The van der Waals surface area contributed by atoms with Gasteiger partial charge in [-0.1, -0.05) is 0 Å². The summed E-state index contributed by atoms with van der Waals surface area (Å²) >= 11 is 0. The summed E-state index contributed by atoms with van der Waals surface area (Å²) in [5.74, 6) is -0.456. The van der Waals surface area contributed by atoms with E-state index in [1.54, 1.807) is 0 Å². The van der Waals surface area contributed by atoms with E-state index < -0.39 is 5.97 Å². The van der Waals surface area contributed by atoms with Gasteiger partial charge in [0.2, 0.25) is 0 Å². The quantitative estimate of drug-likeness (QED) is 0.603. The van der Waals surface area contributed by atoms with Crippen molar-refractivity contribution in [1.29, 1.82) is 0 Å². The molecule has 0 unspecified atom stereocenters. The van der Waals surface area contributed by atoms with Crippen molar-refractivity contribution < 1.29 is 19.4 Å². The number of nitrogen functional groups attached to an aromatic ring is 1. The average Bonchev–Trinajstić information content (AvgIpc) is 2.16. The van der Waals surface area contributed by atoms with Gasteiger partial charge in [0.25, 0.3) is 0 Å². The van der Waals surface area contributed by atoms with Gasteiger partial charge in [-0.2, -0.15) is 0 Å². The number of carbonyl (C=O) groups excluding carboxylic acids is 1. The van der Waals surface area contributed by atoms with Crippen LogP contribution in [0.4, 0.5) is 5.69 Å². The molecule has 1 heterocycles. The lowest BCUT2D eigenvalue weighted by Crippen LogP contribution is -2.24. The SMILES string of the molecule is Nc1cc2c(cc1C(=O)[O-])OCCO2. The van der Waals surface area contributed by atoms with Crippen molar-refractivity contribution in [2.24, 2.45) is 0 Å². The van der Waals surface area contributed by atoms with Gasteiger partial charge in [0.15, 0.2) is 11.5 Å². The molecule has 0 amide bonds. The molecule has 14 heavy (non-hydrogen) atoms.